The number of ether oxygens (including phenoxy) is 1. The molecule has 4 nitrogen and oxygen atoms in total. The lowest BCUT2D eigenvalue weighted by Gasteiger charge is -2.08. The molecule has 0 spiro atoms. The highest BCUT2D eigenvalue weighted by Crippen LogP contribution is 2.05. The van der Waals surface area contributed by atoms with Crippen molar-refractivity contribution in [1.82, 2.24) is 5.32 Å². The highest BCUT2D eigenvalue weighted by atomic mass is 32.1. The zero-order valence-electron chi connectivity index (χ0n) is 12.7. The van der Waals surface area contributed by atoms with Crippen molar-refractivity contribution in [3.63, 3.8) is 0 Å². The molecule has 0 aliphatic rings. The Morgan fingerprint density at radius 3 is 2.52 bits per heavy atom. The lowest BCUT2D eigenvalue weighted by Crippen LogP contribution is -2.26. The first-order chi connectivity index (χ1) is 9.99. The number of rotatable bonds is 9. The molecule has 0 saturated heterocycles. The first-order valence-electron chi connectivity index (χ1n) is 7.26. The first kappa shape index (κ1) is 17.6. The summed E-state index contributed by atoms with van der Waals surface area (Å²) in [4.78, 5) is 12.1. The van der Waals surface area contributed by atoms with Crippen LogP contribution in [-0.2, 0) is 16.0 Å². The van der Waals surface area contributed by atoms with Crippen molar-refractivity contribution in [3.05, 3.63) is 35.4 Å². The lowest BCUT2D eigenvalue weighted by molar-refractivity contribution is -0.120. The molecule has 0 aromatic heterocycles. The van der Waals surface area contributed by atoms with Crippen molar-refractivity contribution in [1.29, 1.82) is 0 Å². The van der Waals surface area contributed by atoms with Crippen LogP contribution in [0.4, 0.5) is 0 Å². The standard InChI is InChI=1S/C16H24N2O2S/c1-12(2)20-10-4-3-9-18-15(19)11-13-5-7-14(8-6-13)16(17)21/h5-8,12H,3-4,9-11H2,1-2H3,(H2,17,21)(H,18,19). The van der Waals surface area contributed by atoms with Crippen LogP contribution in [0.15, 0.2) is 24.3 Å². The number of nitrogens with two attached hydrogens (primary N) is 1. The van der Waals surface area contributed by atoms with E-state index >= 15 is 0 Å². The molecule has 1 aromatic rings. The second kappa shape index (κ2) is 9.47. The number of unbranched alkanes of at least 4 members (excludes halogenated alkanes) is 1. The molecule has 116 valence electrons. The molecule has 1 amide bonds. The van der Waals surface area contributed by atoms with Gasteiger partial charge in [0, 0.05) is 18.7 Å². The van der Waals surface area contributed by atoms with Crippen molar-refractivity contribution >= 4 is 23.1 Å². The molecule has 5 heteroatoms. The van der Waals surface area contributed by atoms with Crippen LogP contribution >= 0.6 is 12.2 Å². The summed E-state index contributed by atoms with van der Waals surface area (Å²) < 4.78 is 5.44. The van der Waals surface area contributed by atoms with E-state index in [1.54, 1.807) is 0 Å². The molecule has 0 aliphatic heterocycles. The summed E-state index contributed by atoms with van der Waals surface area (Å²) in [6.07, 6.45) is 2.53. The number of hydrogen-bond donors (Lipinski definition) is 2. The smallest absolute Gasteiger partial charge is 0.224 e. The van der Waals surface area contributed by atoms with Gasteiger partial charge in [-0.1, -0.05) is 36.5 Å². The highest BCUT2D eigenvalue weighted by Gasteiger charge is 2.03. The second-order valence-corrected chi connectivity index (χ2v) is 5.65. The Bertz CT molecular complexity index is 458. The Balaban J connectivity index is 2.20. The van der Waals surface area contributed by atoms with E-state index in [2.05, 4.69) is 5.32 Å². The van der Waals surface area contributed by atoms with Crippen molar-refractivity contribution in [2.45, 2.75) is 39.2 Å². The van der Waals surface area contributed by atoms with Crippen molar-refractivity contribution in [2.24, 2.45) is 5.73 Å². The minimum atomic E-state index is 0.0304. The third kappa shape index (κ3) is 7.78. The van der Waals surface area contributed by atoms with Crippen LogP contribution in [0.3, 0.4) is 0 Å². The number of thiocarbonyl (C=S) groups is 1. The van der Waals surface area contributed by atoms with Crippen LogP contribution in [-0.4, -0.2) is 30.2 Å². The topological polar surface area (TPSA) is 64.3 Å². The summed E-state index contributed by atoms with van der Waals surface area (Å²) in [6, 6.07) is 7.44. The van der Waals surface area contributed by atoms with E-state index in [1.165, 1.54) is 0 Å². The maximum absolute atomic E-state index is 11.8. The van der Waals surface area contributed by atoms with Gasteiger partial charge in [-0.3, -0.25) is 4.79 Å². The normalized spacial score (nSPS) is 10.6. The van der Waals surface area contributed by atoms with Crippen molar-refractivity contribution < 1.29 is 9.53 Å². The molecular formula is C16H24N2O2S. The van der Waals surface area contributed by atoms with Crippen LogP contribution in [0.1, 0.15) is 37.8 Å². The number of amides is 1. The molecule has 1 rings (SSSR count). The van der Waals surface area contributed by atoms with Gasteiger partial charge in [0.2, 0.25) is 5.91 Å². The van der Waals surface area contributed by atoms with Crippen molar-refractivity contribution in [3.8, 4) is 0 Å². The molecular weight excluding hydrogens is 284 g/mol. The molecule has 0 bridgehead atoms. The zero-order valence-corrected chi connectivity index (χ0v) is 13.5. The molecule has 0 saturated carbocycles. The summed E-state index contributed by atoms with van der Waals surface area (Å²) in [7, 11) is 0. The molecule has 0 atom stereocenters. The van der Waals surface area contributed by atoms with Gasteiger partial charge in [-0.05, 0) is 32.3 Å². The SMILES string of the molecule is CC(C)OCCCCNC(=O)Cc1ccc(C(N)=S)cc1. The highest BCUT2D eigenvalue weighted by molar-refractivity contribution is 7.80. The van der Waals surface area contributed by atoms with Crippen LogP contribution < -0.4 is 11.1 Å². The molecule has 0 aliphatic carbocycles. The minimum absolute atomic E-state index is 0.0304. The van der Waals surface area contributed by atoms with E-state index in [4.69, 9.17) is 22.7 Å². The molecule has 3 N–H and O–H groups in total. The molecule has 0 fully saturated rings. The van der Waals surface area contributed by atoms with Gasteiger partial charge in [0.25, 0.3) is 0 Å². The number of carbonyl (C=O) groups excluding carboxylic acids is 1. The molecule has 0 heterocycles. The van der Waals surface area contributed by atoms with Crippen LogP contribution in [0, 0.1) is 0 Å². The maximum Gasteiger partial charge on any atom is 0.224 e. The average molecular weight is 308 g/mol. The predicted molar refractivity (Wildman–Crippen MR) is 89.4 cm³/mol. The summed E-state index contributed by atoms with van der Waals surface area (Å²) in [5.41, 5.74) is 7.30. The van der Waals surface area contributed by atoms with Crippen molar-refractivity contribution in [2.75, 3.05) is 13.2 Å². The van der Waals surface area contributed by atoms with E-state index in [1.807, 2.05) is 38.1 Å². The predicted octanol–water partition coefficient (Wildman–Crippen LogP) is 2.18. The minimum Gasteiger partial charge on any atom is -0.389 e. The molecule has 21 heavy (non-hydrogen) atoms. The van der Waals surface area contributed by atoms with Gasteiger partial charge in [-0.15, -0.1) is 0 Å². The Morgan fingerprint density at radius 2 is 1.95 bits per heavy atom. The summed E-state index contributed by atoms with van der Waals surface area (Å²) in [5.74, 6) is 0.0304. The average Bonchev–Trinajstić information content (AvgIpc) is 2.43. The maximum atomic E-state index is 11.8. The van der Waals surface area contributed by atoms with E-state index in [9.17, 15) is 4.79 Å². The quantitative estimate of drug-likeness (QED) is 0.542. The first-order valence-corrected chi connectivity index (χ1v) is 7.67. The number of hydrogen-bond acceptors (Lipinski definition) is 3. The van der Waals surface area contributed by atoms with Gasteiger partial charge in [0.15, 0.2) is 0 Å². The molecule has 0 unspecified atom stereocenters. The molecule has 1 aromatic carbocycles. The van der Waals surface area contributed by atoms with E-state index in [-0.39, 0.29) is 12.0 Å². The summed E-state index contributed by atoms with van der Waals surface area (Å²) >= 11 is 4.89. The van der Waals surface area contributed by atoms with Gasteiger partial charge in [-0.25, -0.2) is 0 Å². The Labute approximate surface area is 132 Å². The fourth-order valence-electron chi connectivity index (χ4n) is 1.81. The number of nitrogens with one attached hydrogen (secondary N) is 1. The van der Waals surface area contributed by atoms with Gasteiger partial charge < -0.3 is 15.8 Å². The third-order valence-corrected chi connectivity index (χ3v) is 3.18. The number of carbonyl (C=O) groups is 1. The van der Waals surface area contributed by atoms with Gasteiger partial charge in [-0.2, -0.15) is 0 Å². The lowest BCUT2D eigenvalue weighted by atomic mass is 10.1. The second-order valence-electron chi connectivity index (χ2n) is 5.21. The zero-order chi connectivity index (χ0) is 15.7. The monoisotopic (exact) mass is 308 g/mol. The summed E-state index contributed by atoms with van der Waals surface area (Å²) in [6.45, 7) is 5.47. The van der Waals surface area contributed by atoms with E-state index in [0.29, 0.717) is 18.0 Å². The Morgan fingerprint density at radius 1 is 1.29 bits per heavy atom. The van der Waals surface area contributed by atoms with E-state index < -0.39 is 0 Å². The third-order valence-electron chi connectivity index (χ3n) is 2.95. The van der Waals surface area contributed by atoms with Crippen LogP contribution in [0.2, 0.25) is 0 Å². The van der Waals surface area contributed by atoms with Crippen LogP contribution in [0.25, 0.3) is 0 Å². The molecule has 0 radical (unpaired) electrons. The largest absolute Gasteiger partial charge is 0.389 e. The van der Waals surface area contributed by atoms with Gasteiger partial charge in [0.05, 0.1) is 12.5 Å². The summed E-state index contributed by atoms with van der Waals surface area (Å²) in [5, 5.41) is 2.91. The van der Waals surface area contributed by atoms with E-state index in [0.717, 1.165) is 30.6 Å². The van der Waals surface area contributed by atoms with Crippen LogP contribution in [0.5, 0.6) is 0 Å². The number of benzene rings is 1. The van der Waals surface area contributed by atoms with Gasteiger partial charge >= 0.3 is 0 Å². The Kier molecular flexibility index (Phi) is 7.93. The Hall–Kier alpha value is -1.46. The van der Waals surface area contributed by atoms with Gasteiger partial charge in [0.1, 0.15) is 4.99 Å². The fourth-order valence-corrected chi connectivity index (χ4v) is 1.94. The fraction of sp³-hybridized carbons (Fsp3) is 0.500.